The van der Waals surface area contributed by atoms with Crippen LogP contribution in [-0.2, 0) is 13.5 Å². The van der Waals surface area contributed by atoms with Crippen molar-refractivity contribution in [1.29, 1.82) is 0 Å². The highest BCUT2D eigenvalue weighted by Gasteiger charge is 2.30. The molecule has 1 N–H and O–H groups in total. The maximum absolute atomic E-state index is 4.31. The molecule has 0 saturated heterocycles. The quantitative estimate of drug-likeness (QED) is 0.929. The Hall–Kier alpha value is -1.26. The summed E-state index contributed by atoms with van der Waals surface area (Å²) in [7, 11) is 1.98. The Morgan fingerprint density at radius 3 is 3.00 bits per heavy atom. The van der Waals surface area contributed by atoms with Gasteiger partial charge in [0.1, 0.15) is 0 Å². The van der Waals surface area contributed by atoms with Crippen molar-refractivity contribution < 1.29 is 0 Å². The number of thioether (sulfide) groups is 1. The summed E-state index contributed by atoms with van der Waals surface area (Å²) < 4.78 is 1.88. The van der Waals surface area contributed by atoms with Crippen molar-refractivity contribution in [2.45, 2.75) is 29.5 Å². The molecule has 0 radical (unpaired) electrons. The normalized spacial score (nSPS) is 19.4. The van der Waals surface area contributed by atoms with E-state index in [-0.39, 0.29) is 0 Å². The van der Waals surface area contributed by atoms with Gasteiger partial charge in [0.25, 0.3) is 0 Å². The molecule has 1 aromatic carbocycles. The van der Waals surface area contributed by atoms with E-state index in [1.165, 1.54) is 16.0 Å². The zero-order valence-electron chi connectivity index (χ0n) is 11.3. The van der Waals surface area contributed by atoms with Gasteiger partial charge in [-0.05, 0) is 24.6 Å². The molecule has 4 heteroatoms. The number of hydrogen-bond acceptors (Lipinski definition) is 3. The molecule has 3 rings (SSSR count). The maximum Gasteiger partial charge on any atom is 0.0537 e. The first-order valence-electron chi connectivity index (χ1n) is 6.74. The second-order valence-corrected chi connectivity index (χ2v) is 6.23. The Morgan fingerprint density at radius 1 is 1.47 bits per heavy atom. The molecule has 0 fully saturated rings. The summed E-state index contributed by atoms with van der Waals surface area (Å²) in [5, 5.41) is 8.48. The highest BCUT2D eigenvalue weighted by Crippen LogP contribution is 2.42. The molecule has 0 amide bonds. The molecule has 3 nitrogen and oxygen atoms in total. The molecular weight excluding hydrogens is 254 g/mol. The lowest BCUT2D eigenvalue weighted by Crippen LogP contribution is -2.29. The highest BCUT2D eigenvalue weighted by atomic mass is 32.2. The minimum Gasteiger partial charge on any atom is -0.309 e. The van der Waals surface area contributed by atoms with Gasteiger partial charge in [0.05, 0.1) is 6.20 Å². The van der Waals surface area contributed by atoms with E-state index in [1.54, 1.807) is 0 Å². The summed E-state index contributed by atoms with van der Waals surface area (Å²) >= 11 is 1.99. The van der Waals surface area contributed by atoms with E-state index >= 15 is 0 Å². The van der Waals surface area contributed by atoms with Crippen LogP contribution >= 0.6 is 11.8 Å². The predicted octanol–water partition coefficient (Wildman–Crippen LogP) is 2.79. The Bertz CT molecular complexity index is 539. The number of nitrogens with one attached hydrogen (secondary N) is 1. The van der Waals surface area contributed by atoms with Gasteiger partial charge in [-0.1, -0.05) is 25.1 Å². The lowest BCUT2D eigenvalue weighted by molar-refractivity contribution is 0.531. The fraction of sp³-hybridized carbons (Fsp3) is 0.400. The maximum atomic E-state index is 4.31. The van der Waals surface area contributed by atoms with Gasteiger partial charge in [0.15, 0.2) is 0 Å². The number of benzene rings is 1. The third-order valence-electron chi connectivity index (χ3n) is 3.55. The van der Waals surface area contributed by atoms with Crippen molar-refractivity contribution >= 4 is 11.8 Å². The van der Waals surface area contributed by atoms with E-state index in [9.17, 15) is 0 Å². The molecule has 100 valence electrons. The predicted molar refractivity (Wildman–Crippen MR) is 79.4 cm³/mol. The van der Waals surface area contributed by atoms with Crippen molar-refractivity contribution in [3.63, 3.8) is 0 Å². The first kappa shape index (κ1) is 12.8. The zero-order valence-corrected chi connectivity index (χ0v) is 12.2. The average Bonchev–Trinajstić information content (AvgIpc) is 3.01. The molecule has 2 aromatic rings. The van der Waals surface area contributed by atoms with Gasteiger partial charge >= 0.3 is 0 Å². The van der Waals surface area contributed by atoms with Crippen LogP contribution in [0.4, 0.5) is 0 Å². The molecule has 1 aromatic heterocycles. The van der Waals surface area contributed by atoms with Gasteiger partial charge in [-0.25, -0.2) is 0 Å². The lowest BCUT2D eigenvalue weighted by atomic mass is 10.0. The smallest absolute Gasteiger partial charge is 0.0537 e. The first-order chi connectivity index (χ1) is 9.28. The molecule has 2 heterocycles. The Labute approximate surface area is 118 Å². The van der Waals surface area contributed by atoms with Gasteiger partial charge in [-0.3, -0.25) is 4.68 Å². The number of aromatic nitrogens is 2. The van der Waals surface area contributed by atoms with Gasteiger partial charge in [0, 0.05) is 35.0 Å². The van der Waals surface area contributed by atoms with E-state index in [0.717, 1.165) is 13.0 Å². The van der Waals surface area contributed by atoms with Crippen LogP contribution in [-0.4, -0.2) is 21.6 Å². The Morgan fingerprint density at radius 2 is 2.32 bits per heavy atom. The van der Waals surface area contributed by atoms with Crippen molar-refractivity contribution in [1.82, 2.24) is 15.1 Å². The van der Waals surface area contributed by atoms with Crippen LogP contribution in [0.1, 0.15) is 24.1 Å². The third-order valence-corrected chi connectivity index (χ3v) is 4.95. The van der Waals surface area contributed by atoms with E-state index < -0.39 is 0 Å². The lowest BCUT2D eigenvalue weighted by Gasteiger charge is -2.22. The van der Waals surface area contributed by atoms with Crippen LogP contribution in [0.2, 0.25) is 0 Å². The first-order valence-corrected chi connectivity index (χ1v) is 7.62. The number of fused-ring (bicyclic) bond motifs is 1. The van der Waals surface area contributed by atoms with Gasteiger partial charge in [0.2, 0.25) is 0 Å². The zero-order chi connectivity index (χ0) is 13.2. The van der Waals surface area contributed by atoms with Crippen molar-refractivity contribution in [2.24, 2.45) is 7.05 Å². The topological polar surface area (TPSA) is 29.9 Å². The number of aryl methyl sites for hydroxylation is 1. The molecule has 19 heavy (non-hydrogen) atoms. The van der Waals surface area contributed by atoms with Crippen LogP contribution in [0.25, 0.3) is 0 Å². The molecule has 2 atom stereocenters. The van der Waals surface area contributed by atoms with Crippen LogP contribution in [0.3, 0.4) is 0 Å². The summed E-state index contributed by atoms with van der Waals surface area (Å²) in [5.41, 5.74) is 2.76. The molecule has 1 aliphatic rings. The van der Waals surface area contributed by atoms with E-state index in [2.05, 4.69) is 47.8 Å². The summed E-state index contributed by atoms with van der Waals surface area (Å²) in [4.78, 5) is 1.43. The fourth-order valence-corrected chi connectivity index (χ4v) is 4.12. The van der Waals surface area contributed by atoms with Gasteiger partial charge in [-0.2, -0.15) is 5.10 Å². The van der Waals surface area contributed by atoms with Crippen molar-refractivity contribution in [2.75, 3.05) is 6.54 Å². The molecule has 0 spiro atoms. The SMILES string of the molecule is CCNC(c1cnn(C)c1)C1Cc2ccccc2S1. The van der Waals surface area contributed by atoms with Crippen LogP contribution in [0, 0.1) is 0 Å². The fourth-order valence-electron chi connectivity index (χ4n) is 2.68. The third kappa shape index (κ3) is 2.55. The average molecular weight is 273 g/mol. The minimum absolute atomic E-state index is 0.371. The summed E-state index contributed by atoms with van der Waals surface area (Å²) in [6, 6.07) is 9.10. The second-order valence-electron chi connectivity index (χ2n) is 4.95. The Kier molecular flexibility index (Phi) is 3.62. The molecule has 1 aliphatic heterocycles. The van der Waals surface area contributed by atoms with Crippen molar-refractivity contribution in [3.8, 4) is 0 Å². The number of nitrogens with zero attached hydrogens (tertiary/aromatic N) is 2. The standard InChI is InChI=1S/C15H19N3S/c1-3-16-15(12-9-17-18(2)10-12)14-8-11-6-4-5-7-13(11)19-14/h4-7,9-10,14-16H,3,8H2,1-2H3. The van der Waals surface area contributed by atoms with Crippen LogP contribution in [0.5, 0.6) is 0 Å². The largest absolute Gasteiger partial charge is 0.309 e. The molecular formula is C15H19N3S. The second kappa shape index (κ2) is 5.39. The van der Waals surface area contributed by atoms with Crippen LogP contribution in [0.15, 0.2) is 41.6 Å². The van der Waals surface area contributed by atoms with E-state index in [0.29, 0.717) is 11.3 Å². The summed E-state index contributed by atoms with van der Waals surface area (Å²) in [5.74, 6) is 0. The van der Waals surface area contributed by atoms with Gasteiger partial charge in [-0.15, -0.1) is 11.8 Å². The van der Waals surface area contributed by atoms with Gasteiger partial charge < -0.3 is 5.32 Å². The van der Waals surface area contributed by atoms with E-state index in [4.69, 9.17) is 0 Å². The number of rotatable bonds is 4. The Balaban J connectivity index is 1.83. The summed E-state index contributed by atoms with van der Waals surface area (Å²) in [6.07, 6.45) is 5.24. The molecule has 0 aliphatic carbocycles. The molecule has 0 saturated carbocycles. The minimum atomic E-state index is 0.371. The van der Waals surface area contributed by atoms with Crippen molar-refractivity contribution in [3.05, 3.63) is 47.8 Å². The molecule has 0 bridgehead atoms. The highest BCUT2D eigenvalue weighted by molar-refractivity contribution is 8.00. The monoisotopic (exact) mass is 273 g/mol. The van der Waals surface area contributed by atoms with E-state index in [1.807, 2.05) is 29.7 Å². The molecule has 2 unspecified atom stereocenters. The van der Waals surface area contributed by atoms with Crippen LogP contribution < -0.4 is 5.32 Å². The number of hydrogen-bond donors (Lipinski definition) is 1. The summed E-state index contributed by atoms with van der Waals surface area (Å²) in [6.45, 7) is 3.14.